The van der Waals surface area contributed by atoms with Gasteiger partial charge in [0.25, 0.3) is 0 Å². The molecule has 1 aromatic carbocycles. The second kappa shape index (κ2) is 4.59. The Hall–Kier alpha value is -1.19. The highest BCUT2D eigenvalue weighted by Crippen LogP contribution is 2.29. The van der Waals surface area contributed by atoms with Crippen LogP contribution >= 0.6 is 11.3 Å². The molecule has 0 spiro atoms. The first-order valence-electron chi connectivity index (χ1n) is 5.48. The summed E-state index contributed by atoms with van der Waals surface area (Å²) in [6.07, 6.45) is -0.667. The highest BCUT2D eigenvalue weighted by Gasteiger charge is 2.15. The Labute approximate surface area is 105 Å². The quantitative estimate of drug-likeness (QED) is 0.857. The van der Waals surface area contributed by atoms with E-state index in [9.17, 15) is 9.50 Å². The van der Waals surface area contributed by atoms with Gasteiger partial charge in [-0.25, -0.2) is 4.39 Å². The average Bonchev–Trinajstić information content (AvgIpc) is 2.70. The van der Waals surface area contributed by atoms with Crippen molar-refractivity contribution in [1.82, 2.24) is 0 Å². The largest absolute Gasteiger partial charge is 0.384 e. The minimum absolute atomic E-state index is 0.192. The summed E-state index contributed by atoms with van der Waals surface area (Å²) in [6.45, 7) is 5.41. The van der Waals surface area contributed by atoms with Crippen LogP contribution in [-0.4, -0.2) is 5.11 Å². The van der Waals surface area contributed by atoms with Crippen molar-refractivity contribution in [3.63, 3.8) is 0 Å². The van der Waals surface area contributed by atoms with Crippen LogP contribution in [0, 0.1) is 26.6 Å². The molecule has 0 aliphatic carbocycles. The molecule has 0 fully saturated rings. The third-order valence-electron chi connectivity index (χ3n) is 2.96. The lowest BCUT2D eigenvalue weighted by atomic mass is 9.97. The Bertz CT molecular complexity index is 522. The van der Waals surface area contributed by atoms with Gasteiger partial charge in [0.2, 0.25) is 0 Å². The van der Waals surface area contributed by atoms with Crippen molar-refractivity contribution >= 4 is 11.3 Å². The molecule has 0 bridgehead atoms. The summed E-state index contributed by atoms with van der Waals surface area (Å²) in [5, 5.41) is 14.2. The molecule has 1 N–H and O–H groups in total. The van der Waals surface area contributed by atoms with Crippen LogP contribution in [0.15, 0.2) is 22.9 Å². The smallest absolute Gasteiger partial charge is 0.129 e. The molecule has 1 unspecified atom stereocenters. The molecule has 2 rings (SSSR count). The summed E-state index contributed by atoms with van der Waals surface area (Å²) >= 11 is 1.57. The van der Waals surface area contributed by atoms with E-state index in [4.69, 9.17) is 0 Å². The number of thiophene rings is 1. The van der Waals surface area contributed by atoms with Crippen LogP contribution in [0.4, 0.5) is 4.39 Å². The van der Waals surface area contributed by atoms with E-state index < -0.39 is 6.10 Å². The number of rotatable bonds is 2. The van der Waals surface area contributed by atoms with E-state index in [1.165, 1.54) is 0 Å². The van der Waals surface area contributed by atoms with Gasteiger partial charge in [-0.3, -0.25) is 0 Å². The molecule has 0 radical (unpaired) electrons. The van der Waals surface area contributed by atoms with Gasteiger partial charge in [0.05, 0.1) is 0 Å². The average molecular weight is 250 g/mol. The number of halogens is 1. The van der Waals surface area contributed by atoms with E-state index in [0.29, 0.717) is 11.1 Å². The summed E-state index contributed by atoms with van der Waals surface area (Å²) in [5.74, 6) is -0.192. The predicted octanol–water partition coefficient (Wildman–Crippen LogP) is 3.89. The highest BCUT2D eigenvalue weighted by atomic mass is 32.1. The molecule has 1 atom stereocenters. The first-order chi connectivity index (χ1) is 8.00. The first-order valence-corrected chi connectivity index (χ1v) is 6.42. The maximum atomic E-state index is 13.5. The third kappa shape index (κ3) is 2.26. The Morgan fingerprint density at radius 2 is 1.65 bits per heavy atom. The third-order valence-corrected chi connectivity index (χ3v) is 3.84. The van der Waals surface area contributed by atoms with Crippen LogP contribution in [0.25, 0.3) is 0 Å². The standard InChI is InChI=1S/C14H15FOS/c1-8-4-11(5-9(2)13(8)15)14(16)12-7-17-6-10(12)3/h4-7,14,16H,1-3H3. The summed E-state index contributed by atoms with van der Waals surface area (Å²) < 4.78 is 13.5. The van der Waals surface area contributed by atoms with Crippen LogP contribution in [0.1, 0.15) is 33.9 Å². The Morgan fingerprint density at radius 1 is 1.06 bits per heavy atom. The molecular formula is C14H15FOS. The number of hydrogen-bond acceptors (Lipinski definition) is 2. The lowest BCUT2D eigenvalue weighted by Gasteiger charge is -2.13. The molecule has 90 valence electrons. The van der Waals surface area contributed by atoms with Gasteiger partial charge in [0.15, 0.2) is 0 Å². The summed E-state index contributed by atoms with van der Waals surface area (Å²) in [6, 6.07) is 3.42. The van der Waals surface area contributed by atoms with Gasteiger partial charge in [0, 0.05) is 0 Å². The Balaban J connectivity index is 2.45. The molecule has 17 heavy (non-hydrogen) atoms. The van der Waals surface area contributed by atoms with Gasteiger partial charge >= 0.3 is 0 Å². The normalized spacial score (nSPS) is 12.8. The van der Waals surface area contributed by atoms with E-state index in [1.807, 2.05) is 17.7 Å². The topological polar surface area (TPSA) is 20.2 Å². The number of aryl methyl sites for hydroxylation is 3. The lowest BCUT2D eigenvalue weighted by Crippen LogP contribution is -2.02. The Morgan fingerprint density at radius 3 is 2.12 bits per heavy atom. The van der Waals surface area contributed by atoms with Gasteiger partial charge < -0.3 is 5.11 Å². The second-order valence-electron chi connectivity index (χ2n) is 4.38. The van der Waals surface area contributed by atoms with Crippen molar-refractivity contribution in [2.45, 2.75) is 26.9 Å². The first kappa shape index (κ1) is 12.3. The van der Waals surface area contributed by atoms with E-state index in [-0.39, 0.29) is 5.82 Å². The van der Waals surface area contributed by atoms with Crippen molar-refractivity contribution < 1.29 is 9.50 Å². The minimum Gasteiger partial charge on any atom is -0.384 e. The van der Waals surface area contributed by atoms with Gasteiger partial charge in [-0.15, -0.1) is 0 Å². The van der Waals surface area contributed by atoms with E-state index in [2.05, 4.69) is 0 Å². The molecule has 3 heteroatoms. The molecule has 1 nitrogen and oxygen atoms in total. The van der Waals surface area contributed by atoms with E-state index in [1.54, 1.807) is 37.3 Å². The van der Waals surface area contributed by atoms with Gasteiger partial charge in [-0.05, 0) is 59.3 Å². The molecule has 0 aliphatic heterocycles. The molecule has 0 saturated carbocycles. The fourth-order valence-corrected chi connectivity index (χ4v) is 2.84. The SMILES string of the molecule is Cc1cscc1C(O)c1cc(C)c(F)c(C)c1. The zero-order valence-corrected chi connectivity index (χ0v) is 10.9. The van der Waals surface area contributed by atoms with Gasteiger partial charge in [-0.2, -0.15) is 11.3 Å². The zero-order chi connectivity index (χ0) is 12.6. The number of aliphatic hydroxyl groups excluding tert-OH is 1. The fraction of sp³-hybridized carbons (Fsp3) is 0.286. The van der Waals surface area contributed by atoms with E-state index >= 15 is 0 Å². The van der Waals surface area contributed by atoms with Crippen LogP contribution in [0.3, 0.4) is 0 Å². The highest BCUT2D eigenvalue weighted by molar-refractivity contribution is 7.08. The minimum atomic E-state index is -0.667. The zero-order valence-electron chi connectivity index (χ0n) is 10.1. The van der Waals surface area contributed by atoms with Crippen molar-refractivity contribution in [2.24, 2.45) is 0 Å². The number of benzene rings is 1. The van der Waals surface area contributed by atoms with Crippen LogP contribution in [-0.2, 0) is 0 Å². The van der Waals surface area contributed by atoms with Crippen LogP contribution in [0.2, 0.25) is 0 Å². The summed E-state index contributed by atoms with van der Waals surface area (Å²) in [4.78, 5) is 0. The van der Waals surface area contributed by atoms with Crippen molar-refractivity contribution in [3.05, 3.63) is 56.5 Å². The van der Waals surface area contributed by atoms with Crippen LogP contribution in [0.5, 0.6) is 0 Å². The molecular weight excluding hydrogens is 235 g/mol. The molecule has 2 aromatic rings. The molecule has 1 heterocycles. The molecule has 0 saturated heterocycles. The molecule has 0 amide bonds. The molecule has 0 aliphatic rings. The second-order valence-corrected chi connectivity index (χ2v) is 5.12. The Kier molecular flexibility index (Phi) is 3.31. The molecule has 1 aromatic heterocycles. The number of aliphatic hydroxyl groups is 1. The summed E-state index contributed by atoms with van der Waals surface area (Å²) in [7, 11) is 0. The maximum Gasteiger partial charge on any atom is 0.129 e. The van der Waals surface area contributed by atoms with Gasteiger partial charge in [-0.1, -0.05) is 12.1 Å². The van der Waals surface area contributed by atoms with Crippen molar-refractivity contribution in [1.29, 1.82) is 0 Å². The van der Waals surface area contributed by atoms with Crippen molar-refractivity contribution in [3.8, 4) is 0 Å². The van der Waals surface area contributed by atoms with Gasteiger partial charge in [0.1, 0.15) is 11.9 Å². The number of hydrogen-bond donors (Lipinski definition) is 1. The lowest BCUT2D eigenvalue weighted by molar-refractivity contribution is 0.220. The summed E-state index contributed by atoms with van der Waals surface area (Å²) in [5.41, 5.74) is 3.88. The monoisotopic (exact) mass is 250 g/mol. The van der Waals surface area contributed by atoms with E-state index in [0.717, 1.165) is 16.7 Å². The predicted molar refractivity (Wildman–Crippen MR) is 69.0 cm³/mol. The maximum absolute atomic E-state index is 13.5. The van der Waals surface area contributed by atoms with Crippen LogP contribution < -0.4 is 0 Å². The van der Waals surface area contributed by atoms with Crippen molar-refractivity contribution in [2.75, 3.05) is 0 Å². The fourth-order valence-electron chi connectivity index (χ4n) is 1.97.